The Labute approximate surface area is 96.6 Å². The Morgan fingerprint density at radius 1 is 1.57 bits per heavy atom. The topological polar surface area (TPSA) is 17.1 Å². The van der Waals surface area contributed by atoms with Crippen molar-refractivity contribution in [3.8, 4) is 12.3 Å². The van der Waals surface area contributed by atoms with Gasteiger partial charge in [-0.15, -0.1) is 12.3 Å². The van der Waals surface area contributed by atoms with Gasteiger partial charge in [0.2, 0.25) is 0 Å². The largest absolute Gasteiger partial charge is 0.294 e. The third-order valence-corrected chi connectivity index (χ3v) is 2.97. The summed E-state index contributed by atoms with van der Waals surface area (Å²) < 4.78 is 0.785. The fraction of sp³-hybridized carbons (Fsp3) is 0.182. The molecule has 0 aliphatic heterocycles. The van der Waals surface area contributed by atoms with E-state index in [2.05, 4.69) is 21.9 Å². The maximum atomic E-state index is 11.5. The van der Waals surface area contributed by atoms with Crippen LogP contribution < -0.4 is 0 Å². The fourth-order valence-electron chi connectivity index (χ4n) is 1.000. The zero-order chi connectivity index (χ0) is 10.6. The summed E-state index contributed by atoms with van der Waals surface area (Å²) in [5.74, 6) is 2.46. The first-order chi connectivity index (χ1) is 6.65. The Bertz CT molecular complexity index is 393. The van der Waals surface area contributed by atoms with Gasteiger partial charge < -0.3 is 0 Å². The van der Waals surface area contributed by atoms with Crippen LogP contribution in [0.15, 0.2) is 22.7 Å². The van der Waals surface area contributed by atoms with Crippen LogP contribution >= 0.6 is 27.5 Å². The van der Waals surface area contributed by atoms with Crippen LogP contribution in [0, 0.1) is 12.3 Å². The van der Waals surface area contributed by atoms with E-state index in [1.54, 1.807) is 18.2 Å². The van der Waals surface area contributed by atoms with Gasteiger partial charge in [-0.3, -0.25) is 4.79 Å². The van der Waals surface area contributed by atoms with Crippen LogP contribution in [0.1, 0.15) is 23.2 Å². The van der Waals surface area contributed by atoms with Crippen molar-refractivity contribution in [2.45, 2.75) is 12.8 Å². The van der Waals surface area contributed by atoms with Crippen LogP contribution in [0.25, 0.3) is 0 Å². The highest BCUT2D eigenvalue weighted by atomic mass is 79.9. The molecule has 0 heterocycles. The number of Topliss-reactive ketones (excluding diaryl/α,β-unsaturated/α-hetero) is 1. The molecule has 0 N–H and O–H groups in total. The normalized spacial score (nSPS) is 9.50. The molecule has 14 heavy (non-hydrogen) atoms. The summed E-state index contributed by atoms with van der Waals surface area (Å²) in [4.78, 5) is 11.5. The Morgan fingerprint density at radius 2 is 2.29 bits per heavy atom. The van der Waals surface area contributed by atoms with Crippen molar-refractivity contribution in [3.05, 3.63) is 33.3 Å². The van der Waals surface area contributed by atoms with Crippen LogP contribution in [-0.2, 0) is 0 Å². The first-order valence-corrected chi connectivity index (χ1v) is 5.24. The van der Waals surface area contributed by atoms with Gasteiger partial charge >= 0.3 is 0 Å². The first kappa shape index (κ1) is 11.3. The van der Waals surface area contributed by atoms with Crippen molar-refractivity contribution in [2.75, 3.05) is 0 Å². The van der Waals surface area contributed by atoms with E-state index in [-0.39, 0.29) is 5.78 Å². The number of rotatable bonds is 3. The lowest BCUT2D eigenvalue weighted by Gasteiger charge is -2.00. The lowest BCUT2D eigenvalue weighted by molar-refractivity contribution is 0.0984. The van der Waals surface area contributed by atoms with E-state index < -0.39 is 0 Å². The van der Waals surface area contributed by atoms with Crippen molar-refractivity contribution in [3.63, 3.8) is 0 Å². The first-order valence-electron chi connectivity index (χ1n) is 4.07. The average molecular weight is 272 g/mol. The second-order valence-electron chi connectivity index (χ2n) is 2.76. The predicted molar refractivity (Wildman–Crippen MR) is 61.5 cm³/mol. The van der Waals surface area contributed by atoms with Crippen molar-refractivity contribution < 1.29 is 4.79 Å². The number of benzene rings is 1. The zero-order valence-corrected chi connectivity index (χ0v) is 9.73. The van der Waals surface area contributed by atoms with Crippen LogP contribution in [-0.4, -0.2) is 5.78 Å². The number of terminal acetylenes is 1. The predicted octanol–water partition coefficient (Wildman–Crippen LogP) is 3.70. The summed E-state index contributed by atoms with van der Waals surface area (Å²) in [6, 6.07) is 5.13. The third kappa shape index (κ3) is 2.87. The van der Waals surface area contributed by atoms with Crippen molar-refractivity contribution >= 4 is 33.3 Å². The summed E-state index contributed by atoms with van der Waals surface area (Å²) >= 11 is 9.11. The van der Waals surface area contributed by atoms with Gasteiger partial charge in [0, 0.05) is 22.9 Å². The van der Waals surface area contributed by atoms with Crippen LogP contribution in [0.2, 0.25) is 5.02 Å². The summed E-state index contributed by atoms with van der Waals surface area (Å²) in [6.45, 7) is 0. The van der Waals surface area contributed by atoms with Gasteiger partial charge in [-0.25, -0.2) is 0 Å². The molecular weight excluding hydrogens is 263 g/mol. The number of halogens is 2. The van der Waals surface area contributed by atoms with Gasteiger partial charge in [-0.1, -0.05) is 17.7 Å². The minimum Gasteiger partial charge on any atom is -0.294 e. The van der Waals surface area contributed by atoms with Crippen molar-refractivity contribution in [1.82, 2.24) is 0 Å². The Morgan fingerprint density at radius 3 is 2.86 bits per heavy atom. The van der Waals surface area contributed by atoms with Gasteiger partial charge in [-0.05, 0) is 28.1 Å². The number of carbonyl (C=O) groups is 1. The van der Waals surface area contributed by atoms with Crippen molar-refractivity contribution in [1.29, 1.82) is 0 Å². The highest BCUT2D eigenvalue weighted by molar-refractivity contribution is 9.10. The van der Waals surface area contributed by atoms with Crippen LogP contribution in [0.5, 0.6) is 0 Å². The van der Waals surface area contributed by atoms with Gasteiger partial charge in [-0.2, -0.15) is 0 Å². The second-order valence-corrected chi connectivity index (χ2v) is 4.02. The van der Waals surface area contributed by atoms with E-state index in [4.69, 9.17) is 18.0 Å². The third-order valence-electron chi connectivity index (χ3n) is 1.74. The molecule has 0 spiro atoms. The molecule has 0 radical (unpaired) electrons. The summed E-state index contributed by atoms with van der Waals surface area (Å²) in [6.07, 6.45) is 5.91. The van der Waals surface area contributed by atoms with E-state index in [0.717, 1.165) is 4.47 Å². The number of hydrogen-bond acceptors (Lipinski definition) is 1. The molecule has 0 aromatic heterocycles. The fourth-order valence-corrected chi connectivity index (χ4v) is 1.43. The molecule has 0 saturated heterocycles. The summed E-state index contributed by atoms with van der Waals surface area (Å²) in [7, 11) is 0. The molecule has 0 unspecified atom stereocenters. The summed E-state index contributed by atoms with van der Waals surface area (Å²) in [5.41, 5.74) is 0.605. The van der Waals surface area contributed by atoms with E-state index in [1.807, 2.05) is 0 Å². The number of carbonyl (C=O) groups excluding carboxylic acids is 1. The monoisotopic (exact) mass is 270 g/mol. The molecule has 1 aromatic rings. The maximum absolute atomic E-state index is 11.5. The van der Waals surface area contributed by atoms with Crippen molar-refractivity contribution in [2.24, 2.45) is 0 Å². The molecule has 1 nitrogen and oxygen atoms in total. The highest BCUT2D eigenvalue weighted by Gasteiger charge is 2.06. The second kappa shape index (κ2) is 5.19. The molecule has 0 aliphatic carbocycles. The van der Waals surface area contributed by atoms with Crippen LogP contribution in [0.4, 0.5) is 0 Å². The highest BCUT2D eigenvalue weighted by Crippen LogP contribution is 2.23. The quantitative estimate of drug-likeness (QED) is 0.605. The molecule has 0 atom stereocenters. The van der Waals surface area contributed by atoms with Crippen LogP contribution in [0.3, 0.4) is 0 Å². The van der Waals surface area contributed by atoms with E-state index in [0.29, 0.717) is 23.4 Å². The van der Waals surface area contributed by atoms with Gasteiger partial charge in [0.25, 0.3) is 0 Å². The standard InChI is InChI=1S/C11H8BrClO/c1-2-3-4-11(14)8-5-6-9(12)10(13)7-8/h1,5-7H,3-4H2. The molecule has 0 bridgehead atoms. The molecule has 0 amide bonds. The molecule has 1 rings (SSSR count). The summed E-state index contributed by atoms with van der Waals surface area (Å²) in [5, 5.41) is 0.538. The zero-order valence-electron chi connectivity index (χ0n) is 7.39. The lowest BCUT2D eigenvalue weighted by Crippen LogP contribution is -1.97. The van der Waals surface area contributed by atoms with E-state index >= 15 is 0 Å². The lowest BCUT2D eigenvalue weighted by atomic mass is 10.1. The Hall–Kier alpha value is -0.780. The molecule has 72 valence electrons. The van der Waals surface area contributed by atoms with E-state index in [1.165, 1.54) is 0 Å². The molecular formula is C11H8BrClO. The maximum Gasteiger partial charge on any atom is 0.163 e. The molecule has 0 aliphatic rings. The molecule has 0 saturated carbocycles. The molecule has 1 aromatic carbocycles. The smallest absolute Gasteiger partial charge is 0.163 e. The van der Waals surface area contributed by atoms with Gasteiger partial charge in [0.05, 0.1) is 5.02 Å². The SMILES string of the molecule is C#CCCC(=O)c1ccc(Br)c(Cl)c1. The Balaban J connectivity index is 2.82. The molecule has 0 fully saturated rings. The average Bonchev–Trinajstić information content (AvgIpc) is 2.18. The minimum atomic E-state index is 0.0253. The Kier molecular flexibility index (Phi) is 4.19. The number of ketones is 1. The van der Waals surface area contributed by atoms with Gasteiger partial charge in [0.1, 0.15) is 0 Å². The number of hydrogen-bond donors (Lipinski definition) is 0. The molecule has 3 heteroatoms. The van der Waals surface area contributed by atoms with Gasteiger partial charge in [0.15, 0.2) is 5.78 Å². The van der Waals surface area contributed by atoms with E-state index in [9.17, 15) is 4.79 Å². The minimum absolute atomic E-state index is 0.0253.